The molecule has 1 unspecified atom stereocenters. The van der Waals surface area contributed by atoms with Crippen LogP contribution in [0.2, 0.25) is 0 Å². The molecule has 1 amide bonds. The van der Waals surface area contributed by atoms with Crippen molar-refractivity contribution < 1.29 is 14.3 Å². The van der Waals surface area contributed by atoms with E-state index in [4.69, 9.17) is 0 Å². The van der Waals surface area contributed by atoms with Crippen molar-refractivity contribution in [3.8, 4) is 0 Å². The first kappa shape index (κ1) is 14.6. The van der Waals surface area contributed by atoms with Gasteiger partial charge in [-0.2, -0.15) is 0 Å². The summed E-state index contributed by atoms with van der Waals surface area (Å²) in [6.45, 7) is -0.0771. The van der Waals surface area contributed by atoms with Gasteiger partial charge in [0.25, 0.3) is 5.91 Å². The molecule has 0 aliphatic carbocycles. The zero-order valence-electron chi connectivity index (χ0n) is 10.4. The van der Waals surface area contributed by atoms with Gasteiger partial charge in [-0.15, -0.1) is 0 Å². The molecule has 0 radical (unpaired) electrons. The van der Waals surface area contributed by atoms with Crippen molar-refractivity contribution >= 4 is 21.8 Å². The lowest BCUT2D eigenvalue weighted by Gasteiger charge is -2.13. The van der Waals surface area contributed by atoms with Gasteiger partial charge in [-0.3, -0.25) is 9.78 Å². The van der Waals surface area contributed by atoms with Crippen LogP contribution in [0.15, 0.2) is 47.2 Å². The van der Waals surface area contributed by atoms with Crippen molar-refractivity contribution in [2.45, 2.75) is 6.10 Å². The van der Waals surface area contributed by atoms with Crippen LogP contribution in [0.3, 0.4) is 0 Å². The van der Waals surface area contributed by atoms with Gasteiger partial charge in [0.15, 0.2) is 0 Å². The fourth-order valence-electron chi connectivity index (χ4n) is 1.68. The molecule has 2 aromatic rings. The first-order valence-corrected chi connectivity index (χ1v) is 6.68. The van der Waals surface area contributed by atoms with Gasteiger partial charge in [0.1, 0.15) is 5.82 Å². The lowest BCUT2D eigenvalue weighted by atomic mass is 10.1. The van der Waals surface area contributed by atoms with Crippen molar-refractivity contribution in [1.82, 2.24) is 10.3 Å². The fourth-order valence-corrected chi connectivity index (χ4v) is 2.05. The topological polar surface area (TPSA) is 62.2 Å². The van der Waals surface area contributed by atoms with E-state index < -0.39 is 11.9 Å². The molecule has 1 heterocycles. The summed E-state index contributed by atoms with van der Waals surface area (Å²) in [5.41, 5.74) is 0.514. The molecule has 4 nitrogen and oxygen atoms in total. The molecule has 0 aliphatic heterocycles. The number of rotatable bonds is 4. The van der Waals surface area contributed by atoms with Crippen LogP contribution in [-0.4, -0.2) is 22.5 Å². The predicted molar refractivity (Wildman–Crippen MR) is 75.6 cm³/mol. The maximum absolute atomic E-state index is 13.5. The van der Waals surface area contributed by atoms with Gasteiger partial charge in [-0.05, 0) is 28.1 Å². The second kappa shape index (κ2) is 6.58. The van der Waals surface area contributed by atoms with Gasteiger partial charge in [-0.25, -0.2) is 4.39 Å². The normalized spacial score (nSPS) is 11.9. The molecule has 2 rings (SSSR count). The number of aliphatic hydroxyl groups is 1. The number of hydrogen-bond acceptors (Lipinski definition) is 3. The number of aromatic nitrogens is 1. The molecule has 1 aromatic carbocycles. The predicted octanol–water partition coefficient (Wildman–Crippen LogP) is 2.45. The van der Waals surface area contributed by atoms with Crippen molar-refractivity contribution in [3.05, 3.63) is 64.1 Å². The van der Waals surface area contributed by atoms with Crippen LogP contribution in [0.1, 0.15) is 22.0 Å². The Morgan fingerprint density at radius 3 is 2.85 bits per heavy atom. The first-order valence-electron chi connectivity index (χ1n) is 5.89. The number of carbonyl (C=O) groups is 1. The number of halogens is 2. The zero-order chi connectivity index (χ0) is 14.5. The summed E-state index contributed by atoms with van der Waals surface area (Å²) in [4.78, 5) is 15.7. The minimum Gasteiger partial charge on any atom is -0.386 e. The molecule has 0 saturated heterocycles. The number of carbonyl (C=O) groups excluding carboxylic acids is 1. The van der Waals surface area contributed by atoms with E-state index in [-0.39, 0.29) is 18.0 Å². The van der Waals surface area contributed by atoms with E-state index in [9.17, 15) is 14.3 Å². The van der Waals surface area contributed by atoms with Crippen LogP contribution in [-0.2, 0) is 0 Å². The van der Waals surface area contributed by atoms with E-state index in [1.54, 1.807) is 18.3 Å². The van der Waals surface area contributed by atoms with Crippen molar-refractivity contribution in [2.75, 3.05) is 6.54 Å². The molecule has 1 atom stereocenters. The standard InChI is InChI=1S/C14H12BrFN2O2/c15-10-5-9(6-17-7-10)14(20)18-8-13(19)11-3-1-2-4-12(11)16/h1-7,13,19H,8H2,(H,18,20). The van der Waals surface area contributed by atoms with E-state index >= 15 is 0 Å². The minimum atomic E-state index is -1.10. The van der Waals surface area contributed by atoms with E-state index in [1.165, 1.54) is 24.4 Å². The molecule has 0 bridgehead atoms. The quantitative estimate of drug-likeness (QED) is 0.900. The molecule has 104 valence electrons. The lowest BCUT2D eigenvalue weighted by Crippen LogP contribution is -2.28. The van der Waals surface area contributed by atoms with Crippen LogP contribution >= 0.6 is 15.9 Å². The summed E-state index contributed by atoms with van der Waals surface area (Å²) in [6, 6.07) is 7.52. The smallest absolute Gasteiger partial charge is 0.252 e. The third kappa shape index (κ3) is 3.61. The Morgan fingerprint density at radius 2 is 2.15 bits per heavy atom. The van der Waals surface area contributed by atoms with Crippen LogP contribution in [0.4, 0.5) is 4.39 Å². The third-order valence-electron chi connectivity index (χ3n) is 2.69. The Bertz CT molecular complexity index is 622. The number of aliphatic hydroxyl groups excluding tert-OH is 1. The van der Waals surface area contributed by atoms with E-state index in [2.05, 4.69) is 26.2 Å². The summed E-state index contributed by atoms with van der Waals surface area (Å²) in [6.07, 6.45) is 1.88. The Balaban J connectivity index is 1.99. The second-order valence-electron chi connectivity index (χ2n) is 4.14. The molecule has 1 aromatic heterocycles. The number of benzene rings is 1. The fraction of sp³-hybridized carbons (Fsp3) is 0.143. The first-order chi connectivity index (χ1) is 9.58. The Labute approximate surface area is 123 Å². The largest absolute Gasteiger partial charge is 0.386 e. The summed E-state index contributed by atoms with van der Waals surface area (Å²) in [5.74, 6) is -0.882. The van der Waals surface area contributed by atoms with Crippen LogP contribution < -0.4 is 5.32 Å². The summed E-state index contributed by atoms with van der Waals surface area (Å²) in [5, 5.41) is 12.4. The second-order valence-corrected chi connectivity index (χ2v) is 5.05. The highest BCUT2D eigenvalue weighted by Gasteiger charge is 2.14. The van der Waals surface area contributed by atoms with E-state index in [0.717, 1.165) is 0 Å². The number of nitrogens with one attached hydrogen (secondary N) is 1. The number of hydrogen-bond donors (Lipinski definition) is 2. The number of pyridine rings is 1. The third-order valence-corrected chi connectivity index (χ3v) is 3.12. The van der Waals surface area contributed by atoms with Crippen LogP contribution in [0.25, 0.3) is 0 Å². The average Bonchev–Trinajstić information content (AvgIpc) is 2.45. The molecule has 2 N–H and O–H groups in total. The summed E-state index contributed by atoms with van der Waals surface area (Å²) in [7, 11) is 0. The van der Waals surface area contributed by atoms with Gasteiger partial charge < -0.3 is 10.4 Å². The Kier molecular flexibility index (Phi) is 4.81. The van der Waals surface area contributed by atoms with Crippen LogP contribution in [0, 0.1) is 5.82 Å². The molecule has 0 fully saturated rings. The van der Waals surface area contributed by atoms with Gasteiger partial charge in [0, 0.05) is 29.0 Å². The van der Waals surface area contributed by atoms with E-state index in [0.29, 0.717) is 10.0 Å². The monoisotopic (exact) mass is 338 g/mol. The lowest BCUT2D eigenvalue weighted by molar-refractivity contribution is 0.0913. The highest BCUT2D eigenvalue weighted by Crippen LogP contribution is 2.16. The maximum Gasteiger partial charge on any atom is 0.252 e. The van der Waals surface area contributed by atoms with Gasteiger partial charge >= 0.3 is 0 Å². The summed E-state index contributed by atoms with van der Waals surface area (Å²) >= 11 is 3.22. The Morgan fingerprint density at radius 1 is 1.40 bits per heavy atom. The number of amides is 1. The maximum atomic E-state index is 13.5. The SMILES string of the molecule is O=C(NCC(O)c1ccccc1F)c1cncc(Br)c1. The molecule has 0 saturated carbocycles. The highest BCUT2D eigenvalue weighted by atomic mass is 79.9. The Hall–Kier alpha value is -1.79. The molecular weight excluding hydrogens is 327 g/mol. The van der Waals surface area contributed by atoms with Crippen molar-refractivity contribution in [2.24, 2.45) is 0 Å². The van der Waals surface area contributed by atoms with Crippen molar-refractivity contribution in [3.63, 3.8) is 0 Å². The molecule has 0 aliphatic rings. The highest BCUT2D eigenvalue weighted by molar-refractivity contribution is 9.10. The molecule has 6 heteroatoms. The number of nitrogens with zero attached hydrogens (tertiary/aromatic N) is 1. The average molecular weight is 339 g/mol. The minimum absolute atomic E-state index is 0.0771. The molecular formula is C14H12BrFN2O2. The van der Waals surface area contributed by atoms with Crippen molar-refractivity contribution in [1.29, 1.82) is 0 Å². The zero-order valence-corrected chi connectivity index (χ0v) is 12.0. The molecule has 20 heavy (non-hydrogen) atoms. The van der Waals surface area contributed by atoms with Gasteiger partial charge in [0.05, 0.1) is 11.7 Å². The van der Waals surface area contributed by atoms with Crippen LogP contribution in [0.5, 0.6) is 0 Å². The van der Waals surface area contributed by atoms with Gasteiger partial charge in [0.2, 0.25) is 0 Å². The van der Waals surface area contributed by atoms with E-state index in [1.807, 2.05) is 0 Å². The molecule has 0 spiro atoms. The summed E-state index contributed by atoms with van der Waals surface area (Å²) < 4.78 is 14.1. The van der Waals surface area contributed by atoms with Gasteiger partial charge in [-0.1, -0.05) is 18.2 Å².